The minimum absolute atomic E-state index is 0.118. The topological polar surface area (TPSA) is 94.3 Å². The fraction of sp³-hybridized carbons (Fsp3) is 0.500. The number of H-pyrrole nitrogens is 1. The third kappa shape index (κ3) is 5.49. The second-order valence-electron chi connectivity index (χ2n) is 10.9. The van der Waals surface area contributed by atoms with E-state index in [0.29, 0.717) is 24.2 Å². The minimum atomic E-state index is 0.118. The highest BCUT2D eigenvalue weighted by Crippen LogP contribution is 2.35. The Labute approximate surface area is 224 Å². The number of pyridine rings is 1. The lowest BCUT2D eigenvalue weighted by molar-refractivity contribution is 0.205. The van der Waals surface area contributed by atoms with Crippen molar-refractivity contribution >= 4 is 0 Å². The Balaban J connectivity index is 1.45. The van der Waals surface area contributed by atoms with E-state index in [9.17, 15) is 4.79 Å². The fourth-order valence-electron chi connectivity index (χ4n) is 6.09. The Kier molecular flexibility index (Phi) is 8.15. The van der Waals surface area contributed by atoms with Gasteiger partial charge in [0.1, 0.15) is 0 Å². The van der Waals surface area contributed by atoms with Gasteiger partial charge in [-0.1, -0.05) is 76.8 Å². The van der Waals surface area contributed by atoms with E-state index in [0.717, 1.165) is 47.3 Å². The van der Waals surface area contributed by atoms with Crippen molar-refractivity contribution in [2.45, 2.75) is 84.7 Å². The summed E-state index contributed by atoms with van der Waals surface area (Å²) in [6.07, 6.45) is 13.4. The van der Waals surface area contributed by atoms with E-state index in [1.165, 1.54) is 32.1 Å². The summed E-state index contributed by atoms with van der Waals surface area (Å²) in [6, 6.07) is 12.3. The predicted octanol–water partition coefficient (Wildman–Crippen LogP) is 6.06. The zero-order valence-electron chi connectivity index (χ0n) is 22.8. The third-order valence-corrected chi connectivity index (χ3v) is 8.15. The molecule has 1 N–H and O–H groups in total. The highest BCUT2D eigenvalue weighted by molar-refractivity contribution is 5.78. The van der Waals surface area contributed by atoms with Crippen LogP contribution in [0.1, 0.15) is 83.0 Å². The summed E-state index contributed by atoms with van der Waals surface area (Å²) in [5.41, 5.74) is 4.96. The molecule has 8 nitrogen and oxygen atoms in total. The second-order valence-corrected chi connectivity index (χ2v) is 10.9. The molecule has 0 amide bonds. The number of tetrazole rings is 1. The number of benzene rings is 1. The van der Waals surface area contributed by atoms with Gasteiger partial charge in [0.25, 0.3) is 0 Å². The highest BCUT2D eigenvalue weighted by atomic mass is 16.1. The first-order valence-corrected chi connectivity index (χ1v) is 14.2. The van der Waals surface area contributed by atoms with Gasteiger partial charge in [0.2, 0.25) is 0 Å². The normalized spacial score (nSPS) is 20.2. The van der Waals surface area contributed by atoms with E-state index < -0.39 is 0 Å². The number of nitrogens with one attached hydrogen (secondary N) is 1. The van der Waals surface area contributed by atoms with Crippen molar-refractivity contribution in [2.75, 3.05) is 0 Å². The number of nitrogens with zero attached hydrogens (tertiary/aromatic N) is 6. The van der Waals surface area contributed by atoms with Gasteiger partial charge in [-0.3, -0.25) is 14.1 Å². The molecule has 1 aliphatic rings. The van der Waals surface area contributed by atoms with E-state index in [2.05, 4.69) is 58.2 Å². The summed E-state index contributed by atoms with van der Waals surface area (Å²) < 4.78 is 4.06. The number of rotatable bonds is 8. The zero-order chi connectivity index (χ0) is 26.5. The number of hydrogen-bond donors (Lipinski definition) is 1. The molecule has 5 rings (SSSR count). The molecule has 3 aromatic heterocycles. The van der Waals surface area contributed by atoms with Gasteiger partial charge < -0.3 is 0 Å². The van der Waals surface area contributed by atoms with Crippen molar-refractivity contribution in [2.24, 2.45) is 11.8 Å². The molecule has 38 heavy (non-hydrogen) atoms. The molecule has 1 aliphatic carbocycles. The average Bonchev–Trinajstić information content (AvgIpc) is 3.56. The maximum Gasteiger partial charge on any atom is 0.328 e. The van der Waals surface area contributed by atoms with Crippen molar-refractivity contribution in [3.63, 3.8) is 0 Å². The third-order valence-electron chi connectivity index (χ3n) is 8.15. The zero-order valence-corrected chi connectivity index (χ0v) is 22.8. The first kappa shape index (κ1) is 26.1. The Hall–Kier alpha value is -3.55. The average molecular weight is 514 g/mol. The summed E-state index contributed by atoms with van der Waals surface area (Å²) in [5.74, 6) is 1.61. The summed E-state index contributed by atoms with van der Waals surface area (Å²) in [6.45, 7) is 7.39. The van der Waals surface area contributed by atoms with E-state index in [-0.39, 0.29) is 11.7 Å². The molecule has 8 heteroatoms. The van der Waals surface area contributed by atoms with Crippen LogP contribution >= 0.6 is 0 Å². The molecule has 2 unspecified atom stereocenters. The van der Waals surface area contributed by atoms with E-state index in [4.69, 9.17) is 4.98 Å². The van der Waals surface area contributed by atoms with Crippen LogP contribution in [0.25, 0.3) is 22.6 Å². The quantitative estimate of drug-likeness (QED) is 0.309. The number of hydrogen-bond acceptors (Lipinski definition) is 5. The molecule has 200 valence electrons. The van der Waals surface area contributed by atoms with Crippen LogP contribution in [0.2, 0.25) is 0 Å². The molecular formula is C30H39N7O. The SMILES string of the molecule is CCCCc1cn(C2C(C)CCCCCC2C)c(=O)n1Cc1ccc(-c2ccccc2-c2nnn[nH]2)nc1. The molecule has 0 bridgehead atoms. The second kappa shape index (κ2) is 11.9. The van der Waals surface area contributed by atoms with Crippen molar-refractivity contribution in [3.05, 3.63) is 70.5 Å². The van der Waals surface area contributed by atoms with Crippen LogP contribution in [-0.2, 0) is 13.0 Å². The van der Waals surface area contributed by atoms with Crippen LogP contribution in [-0.4, -0.2) is 34.7 Å². The molecule has 1 fully saturated rings. The Morgan fingerprint density at radius 2 is 1.76 bits per heavy atom. The number of imidazole rings is 1. The van der Waals surface area contributed by atoms with Gasteiger partial charge in [-0.25, -0.2) is 9.89 Å². The smallest absolute Gasteiger partial charge is 0.295 e. The Morgan fingerprint density at radius 1 is 1.00 bits per heavy atom. The number of aryl methyl sites for hydroxylation is 1. The Bertz CT molecular complexity index is 1360. The van der Waals surface area contributed by atoms with Crippen LogP contribution < -0.4 is 5.69 Å². The van der Waals surface area contributed by atoms with Crippen LogP contribution in [0.15, 0.2) is 53.6 Å². The van der Waals surface area contributed by atoms with Crippen LogP contribution in [0.4, 0.5) is 0 Å². The van der Waals surface area contributed by atoms with Crippen LogP contribution in [0, 0.1) is 11.8 Å². The fourth-order valence-corrected chi connectivity index (χ4v) is 6.09. The molecular weight excluding hydrogens is 474 g/mol. The summed E-state index contributed by atoms with van der Waals surface area (Å²) in [4.78, 5) is 18.7. The predicted molar refractivity (Wildman–Crippen MR) is 150 cm³/mol. The lowest BCUT2D eigenvalue weighted by Gasteiger charge is -2.32. The summed E-state index contributed by atoms with van der Waals surface area (Å²) in [7, 11) is 0. The van der Waals surface area contributed by atoms with Gasteiger partial charge >= 0.3 is 5.69 Å². The first-order chi connectivity index (χ1) is 18.6. The summed E-state index contributed by atoms with van der Waals surface area (Å²) >= 11 is 0. The number of aromatic nitrogens is 7. The Morgan fingerprint density at radius 3 is 2.42 bits per heavy atom. The monoisotopic (exact) mass is 513 g/mol. The molecule has 1 saturated carbocycles. The van der Waals surface area contributed by atoms with Gasteiger partial charge in [0, 0.05) is 35.3 Å². The molecule has 0 saturated heterocycles. The summed E-state index contributed by atoms with van der Waals surface area (Å²) in [5, 5.41) is 14.3. The maximum atomic E-state index is 13.9. The van der Waals surface area contributed by atoms with Gasteiger partial charge in [-0.05, 0) is 59.6 Å². The maximum absolute atomic E-state index is 13.9. The van der Waals surface area contributed by atoms with Gasteiger partial charge in [-0.15, -0.1) is 5.10 Å². The largest absolute Gasteiger partial charge is 0.328 e. The van der Waals surface area contributed by atoms with Crippen LogP contribution in [0.3, 0.4) is 0 Å². The van der Waals surface area contributed by atoms with Crippen molar-refractivity contribution in [1.29, 1.82) is 0 Å². The minimum Gasteiger partial charge on any atom is -0.295 e. The van der Waals surface area contributed by atoms with Crippen molar-refractivity contribution in [1.82, 2.24) is 34.7 Å². The van der Waals surface area contributed by atoms with E-state index >= 15 is 0 Å². The molecule has 0 radical (unpaired) electrons. The van der Waals surface area contributed by atoms with Gasteiger partial charge in [0.05, 0.1) is 12.2 Å². The van der Waals surface area contributed by atoms with E-state index in [1.807, 2.05) is 41.1 Å². The standard InChI is InChI=1S/C30H39N7O/c1-4-5-13-24-20-37(28-21(2)11-7-6-8-12-22(28)3)30(38)36(24)19-23-16-17-27(31-18-23)25-14-9-10-15-26(25)29-32-34-35-33-29/h9-10,14-18,20-22,28H,4-8,11-13,19H2,1-3H3,(H,32,33,34,35). The molecule has 0 spiro atoms. The van der Waals surface area contributed by atoms with Crippen LogP contribution in [0.5, 0.6) is 0 Å². The van der Waals surface area contributed by atoms with Crippen molar-refractivity contribution in [3.8, 4) is 22.6 Å². The number of aromatic amines is 1. The number of unbranched alkanes of at least 4 members (excludes halogenated alkanes) is 1. The lowest BCUT2D eigenvalue weighted by Crippen LogP contribution is -2.34. The first-order valence-electron chi connectivity index (χ1n) is 14.2. The van der Waals surface area contributed by atoms with Gasteiger partial charge in [0.15, 0.2) is 5.82 Å². The molecule has 2 atom stereocenters. The van der Waals surface area contributed by atoms with E-state index in [1.54, 1.807) is 0 Å². The highest BCUT2D eigenvalue weighted by Gasteiger charge is 2.29. The molecule has 3 heterocycles. The molecule has 4 aromatic rings. The molecule has 0 aliphatic heterocycles. The van der Waals surface area contributed by atoms with Crippen molar-refractivity contribution < 1.29 is 0 Å². The van der Waals surface area contributed by atoms with Gasteiger partial charge in [-0.2, -0.15) is 0 Å². The molecule has 1 aromatic carbocycles. The lowest BCUT2D eigenvalue weighted by atomic mass is 9.81.